The van der Waals surface area contributed by atoms with Gasteiger partial charge in [-0.05, 0) is 51.8 Å². The Balaban J connectivity index is 1.28. The van der Waals surface area contributed by atoms with Crippen LogP contribution in [0.4, 0.5) is 11.1 Å². The van der Waals surface area contributed by atoms with Gasteiger partial charge in [0.25, 0.3) is 5.91 Å². The molecule has 1 aliphatic heterocycles. The summed E-state index contributed by atoms with van der Waals surface area (Å²) in [6, 6.07) is 6.20. The molecule has 4 heterocycles. The van der Waals surface area contributed by atoms with Crippen LogP contribution >= 0.6 is 11.3 Å². The minimum atomic E-state index is -0.202. The molecule has 1 atom stereocenters. The number of hydrogen-bond acceptors (Lipinski definition) is 9. The Labute approximate surface area is 203 Å². The second kappa shape index (κ2) is 11.2. The van der Waals surface area contributed by atoms with E-state index in [0.717, 1.165) is 56.0 Å². The first-order chi connectivity index (χ1) is 16.5. The Kier molecular flexibility index (Phi) is 7.82. The van der Waals surface area contributed by atoms with Crippen LogP contribution in [0.15, 0.2) is 23.7 Å². The lowest BCUT2D eigenvalue weighted by molar-refractivity contribution is 0.0948. The van der Waals surface area contributed by atoms with Crippen molar-refractivity contribution in [2.24, 2.45) is 0 Å². The molecule has 1 aliphatic rings. The number of carbonyl (C=O) groups is 1. The van der Waals surface area contributed by atoms with Crippen LogP contribution < -0.4 is 10.6 Å². The Bertz CT molecular complexity index is 1170. The van der Waals surface area contributed by atoms with E-state index in [4.69, 9.17) is 5.26 Å². The maximum Gasteiger partial charge on any atom is 0.270 e. The highest BCUT2D eigenvalue weighted by atomic mass is 32.1. The summed E-state index contributed by atoms with van der Waals surface area (Å²) in [5.74, 6) is 0.533. The predicted molar refractivity (Wildman–Crippen MR) is 130 cm³/mol. The van der Waals surface area contributed by atoms with Gasteiger partial charge in [-0.2, -0.15) is 10.4 Å². The number of nitriles is 1. The molecule has 1 amide bonds. The number of likely N-dealkylation sites (tertiary alicyclic amines) is 1. The van der Waals surface area contributed by atoms with Crippen molar-refractivity contribution < 1.29 is 4.79 Å². The summed E-state index contributed by atoms with van der Waals surface area (Å²) in [5, 5.41) is 21.7. The molecule has 3 aromatic heterocycles. The van der Waals surface area contributed by atoms with E-state index in [9.17, 15) is 4.79 Å². The standard InChI is InChI=1S/C23H29N9OS/c1-16-13-17(2)32(30-16)11-4-8-25-21(33)20-15-34-23(28-20)29-22-26-9-6-19(27-22)18-5-3-10-31(14-18)12-7-24/h6,9,13,15,18H,3-5,8,10-12,14H2,1-2H3,(H,25,33)(H,26,27,28,29)/t18-/m0/s1. The van der Waals surface area contributed by atoms with Crippen molar-refractivity contribution in [3.05, 3.63) is 46.5 Å². The number of nitrogens with zero attached hydrogens (tertiary/aromatic N) is 7. The van der Waals surface area contributed by atoms with Gasteiger partial charge in [0, 0.05) is 42.8 Å². The van der Waals surface area contributed by atoms with Crippen molar-refractivity contribution in [1.82, 2.24) is 34.9 Å². The predicted octanol–water partition coefficient (Wildman–Crippen LogP) is 3.01. The second-order valence-corrected chi connectivity index (χ2v) is 9.32. The summed E-state index contributed by atoms with van der Waals surface area (Å²) in [7, 11) is 0. The zero-order chi connectivity index (χ0) is 23.9. The van der Waals surface area contributed by atoms with Gasteiger partial charge in [-0.3, -0.25) is 14.4 Å². The zero-order valence-electron chi connectivity index (χ0n) is 19.5. The number of aryl methyl sites for hydroxylation is 3. The van der Waals surface area contributed by atoms with Crippen LogP contribution in [-0.4, -0.2) is 61.7 Å². The lowest BCUT2D eigenvalue weighted by Crippen LogP contribution is -2.34. The average Bonchev–Trinajstić information content (AvgIpc) is 3.42. The number of carbonyl (C=O) groups excluding carboxylic acids is 1. The quantitative estimate of drug-likeness (QED) is 0.354. The van der Waals surface area contributed by atoms with Gasteiger partial charge in [0.2, 0.25) is 5.95 Å². The van der Waals surface area contributed by atoms with E-state index in [2.05, 4.69) is 41.7 Å². The monoisotopic (exact) mass is 479 g/mol. The van der Waals surface area contributed by atoms with Gasteiger partial charge >= 0.3 is 0 Å². The minimum Gasteiger partial charge on any atom is -0.351 e. The summed E-state index contributed by atoms with van der Waals surface area (Å²) in [6.07, 6.45) is 4.61. The van der Waals surface area contributed by atoms with Crippen molar-refractivity contribution in [2.75, 3.05) is 31.5 Å². The highest BCUT2D eigenvalue weighted by Gasteiger charge is 2.22. The van der Waals surface area contributed by atoms with Crippen LogP contribution in [0.3, 0.4) is 0 Å². The molecular weight excluding hydrogens is 450 g/mol. The molecule has 0 unspecified atom stereocenters. The van der Waals surface area contributed by atoms with Crippen LogP contribution in [0.2, 0.25) is 0 Å². The molecule has 11 heteroatoms. The van der Waals surface area contributed by atoms with E-state index in [1.54, 1.807) is 11.6 Å². The third kappa shape index (κ3) is 6.15. The van der Waals surface area contributed by atoms with Gasteiger partial charge in [0.15, 0.2) is 5.13 Å². The lowest BCUT2D eigenvalue weighted by atomic mass is 9.94. The third-order valence-electron chi connectivity index (χ3n) is 5.79. The number of rotatable bonds is 9. The lowest BCUT2D eigenvalue weighted by Gasteiger charge is -2.30. The largest absolute Gasteiger partial charge is 0.351 e. The molecule has 34 heavy (non-hydrogen) atoms. The van der Waals surface area contributed by atoms with Gasteiger partial charge in [-0.25, -0.2) is 15.0 Å². The molecule has 1 fully saturated rings. The van der Waals surface area contributed by atoms with Gasteiger partial charge in [0.1, 0.15) is 5.69 Å². The first-order valence-corrected chi connectivity index (χ1v) is 12.3. The Morgan fingerprint density at radius 3 is 3.03 bits per heavy atom. The molecule has 0 aromatic carbocycles. The number of anilines is 2. The van der Waals surface area contributed by atoms with Gasteiger partial charge in [-0.15, -0.1) is 11.3 Å². The fourth-order valence-corrected chi connectivity index (χ4v) is 4.84. The maximum absolute atomic E-state index is 12.5. The molecule has 3 aromatic rings. The molecule has 0 radical (unpaired) electrons. The van der Waals surface area contributed by atoms with Crippen LogP contribution in [0.5, 0.6) is 0 Å². The molecule has 0 saturated carbocycles. The molecule has 0 aliphatic carbocycles. The summed E-state index contributed by atoms with van der Waals surface area (Å²) >= 11 is 1.34. The Hall–Kier alpha value is -3.36. The van der Waals surface area contributed by atoms with E-state index in [1.165, 1.54) is 11.3 Å². The SMILES string of the molecule is Cc1cc(C)n(CCCNC(=O)c2csc(Nc3nccc([C@H]4CCCN(CC#N)C4)n3)n2)n1. The normalized spacial score (nSPS) is 16.2. The number of aromatic nitrogens is 5. The topological polar surface area (TPSA) is 125 Å². The summed E-state index contributed by atoms with van der Waals surface area (Å²) in [5.41, 5.74) is 3.44. The van der Waals surface area contributed by atoms with Crippen LogP contribution in [-0.2, 0) is 6.54 Å². The fraction of sp³-hybridized carbons (Fsp3) is 0.478. The summed E-state index contributed by atoms with van der Waals surface area (Å²) < 4.78 is 1.95. The number of nitrogens with one attached hydrogen (secondary N) is 2. The molecule has 0 bridgehead atoms. The summed E-state index contributed by atoms with van der Waals surface area (Å²) in [4.78, 5) is 28.0. The van der Waals surface area contributed by atoms with Crippen molar-refractivity contribution in [1.29, 1.82) is 5.26 Å². The number of piperidine rings is 1. The fourth-order valence-electron chi connectivity index (χ4n) is 4.15. The van der Waals surface area contributed by atoms with Crippen LogP contribution in [0, 0.1) is 25.2 Å². The van der Waals surface area contributed by atoms with E-state index in [0.29, 0.717) is 29.9 Å². The molecule has 4 rings (SSSR count). The first-order valence-electron chi connectivity index (χ1n) is 11.5. The highest BCUT2D eigenvalue weighted by molar-refractivity contribution is 7.14. The highest BCUT2D eigenvalue weighted by Crippen LogP contribution is 2.26. The van der Waals surface area contributed by atoms with E-state index in [1.807, 2.05) is 30.7 Å². The van der Waals surface area contributed by atoms with E-state index in [-0.39, 0.29) is 11.8 Å². The Morgan fingerprint density at radius 1 is 1.35 bits per heavy atom. The van der Waals surface area contributed by atoms with E-state index >= 15 is 0 Å². The molecule has 0 spiro atoms. The molecule has 1 saturated heterocycles. The van der Waals surface area contributed by atoms with Gasteiger partial charge < -0.3 is 10.6 Å². The van der Waals surface area contributed by atoms with Crippen molar-refractivity contribution >= 4 is 28.3 Å². The van der Waals surface area contributed by atoms with Crippen LogP contribution in [0.1, 0.15) is 52.8 Å². The maximum atomic E-state index is 12.5. The zero-order valence-corrected chi connectivity index (χ0v) is 20.3. The minimum absolute atomic E-state index is 0.202. The third-order valence-corrected chi connectivity index (χ3v) is 6.54. The first kappa shape index (κ1) is 23.8. The second-order valence-electron chi connectivity index (χ2n) is 8.46. The molecule has 2 N–H and O–H groups in total. The Morgan fingerprint density at radius 2 is 2.24 bits per heavy atom. The summed E-state index contributed by atoms with van der Waals surface area (Å²) in [6.45, 7) is 7.53. The average molecular weight is 480 g/mol. The van der Waals surface area contributed by atoms with Crippen LogP contribution in [0.25, 0.3) is 0 Å². The van der Waals surface area contributed by atoms with Gasteiger partial charge in [0.05, 0.1) is 24.0 Å². The molecule has 10 nitrogen and oxygen atoms in total. The molecule has 178 valence electrons. The number of amides is 1. The molecular formula is C23H29N9OS. The number of hydrogen-bond donors (Lipinski definition) is 2. The van der Waals surface area contributed by atoms with Crippen molar-refractivity contribution in [3.63, 3.8) is 0 Å². The number of thiazole rings is 1. The van der Waals surface area contributed by atoms with Gasteiger partial charge in [-0.1, -0.05) is 0 Å². The van der Waals surface area contributed by atoms with Crippen molar-refractivity contribution in [3.8, 4) is 6.07 Å². The van der Waals surface area contributed by atoms with Crippen molar-refractivity contribution in [2.45, 2.75) is 45.6 Å². The smallest absolute Gasteiger partial charge is 0.270 e. The van der Waals surface area contributed by atoms with E-state index < -0.39 is 0 Å².